The summed E-state index contributed by atoms with van der Waals surface area (Å²) in [6.45, 7) is 4.51. The van der Waals surface area contributed by atoms with Crippen molar-refractivity contribution >= 4 is 5.97 Å². The highest BCUT2D eigenvalue weighted by molar-refractivity contribution is 5.77. The summed E-state index contributed by atoms with van der Waals surface area (Å²) in [6.07, 6.45) is 2.73. The maximum atomic E-state index is 11.7. The molecule has 6 heteroatoms. The van der Waals surface area contributed by atoms with E-state index in [2.05, 4.69) is 4.98 Å². The Morgan fingerprint density at radius 1 is 1.27 bits per heavy atom. The van der Waals surface area contributed by atoms with Crippen molar-refractivity contribution in [1.29, 1.82) is 0 Å². The normalized spacial score (nSPS) is 23.0. The van der Waals surface area contributed by atoms with Gasteiger partial charge in [0, 0.05) is 18.4 Å². The Kier molecular flexibility index (Phi) is 5.74. The molecule has 0 atom stereocenters. The van der Waals surface area contributed by atoms with E-state index in [1.54, 1.807) is 6.92 Å². The highest BCUT2D eigenvalue weighted by Gasteiger charge is 2.41. The highest BCUT2D eigenvalue weighted by Crippen LogP contribution is 2.26. The van der Waals surface area contributed by atoms with Crippen LogP contribution < -0.4 is 0 Å². The number of ether oxygens (including phenoxy) is 3. The van der Waals surface area contributed by atoms with E-state index in [1.807, 2.05) is 37.3 Å². The molecular formula is C20H25NO5. The molecule has 140 valence electrons. The number of aryl methyl sites for hydroxylation is 2. The molecule has 0 aliphatic carbocycles. The van der Waals surface area contributed by atoms with Crippen molar-refractivity contribution in [2.75, 3.05) is 20.3 Å². The van der Waals surface area contributed by atoms with Crippen molar-refractivity contribution in [3.63, 3.8) is 0 Å². The van der Waals surface area contributed by atoms with E-state index in [4.69, 9.17) is 18.6 Å². The number of hydrogen-bond donors (Lipinski definition) is 0. The lowest BCUT2D eigenvalue weighted by atomic mass is 10.0. The fraction of sp³-hybridized carbons (Fsp3) is 0.500. The molecule has 26 heavy (non-hydrogen) atoms. The lowest BCUT2D eigenvalue weighted by molar-refractivity contribution is -0.272. The van der Waals surface area contributed by atoms with Crippen LogP contribution in [0, 0.1) is 12.8 Å². The monoisotopic (exact) mass is 359 g/mol. The maximum Gasteiger partial charge on any atom is 0.366 e. The molecule has 1 aliphatic heterocycles. The van der Waals surface area contributed by atoms with Gasteiger partial charge in [0.15, 0.2) is 0 Å². The average Bonchev–Trinajstić information content (AvgIpc) is 3.04. The molecule has 2 aromatic rings. The molecule has 1 aromatic heterocycles. The van der Waals surface area contributed by atoms with Crippen molar-refractivity contribution in [1.82, 2.24) is 4.98 Å². The summed E-state index contributed by atoms with van der Waals surface area (Å²) in [5.41, 5.74) is 1.97. The number of nitrogens with zero attached hydrogens (tertiary/aromatic N) is 1. The summed E-state index contributed by atoms with van der Waals surface area (Å²) in [6, 6.07) is 9.90. The molecule has 0 saturated carbocycles. The predicted molar refractivity (Wildman–Crippen MR) is 95.4 cm³/mol. The molecule has 1 aromatic carbocycles. The number of oxazole rings is 1. The molecule has 6 nitrogen and oxygen atoms in total. The molecular weight excluding hydrogens is 334 g/mol. The Hall–Kier alpha value is -2.18. The summed E-state index contributed by atoms with van der Waals surface area (Å²) in [5.74, 6) is 0.00381. The van der Waals surface area contributed by atoms with E-state index in [0.717, 1.165) is 36.3 Å². The van der Waals surface area contributed by atoms with Gasteiger partial charge >= 0.3 is 5.97 Å². The lowest BCUT2D eigenvalue weighted by Gasteiger charge is -2.35. The number of esters is 1. The third-order valence-corrected chi connectivity index (χ3v) is 4.68. The van der Waals surface area contributed by atoms with E-state index < -0.39 is 11.8 Å². The van der Waals surface area contributed by atoms with Crippen LogP contribution in [0.15, 0.2) is 34.7 Å². The maximum absolute atomic E-state index is 11.7. The molecule has 0 unspecified atom stereocenters. The van der Waals surface area contributed by atoms with Crippen molar-refractivity contribution in [3.05, 3.63) is 41.8 Å². The Balaban J connectivity index is 1.49. The van der Waals surface area contributed by atoms with Gasteiger partial charge in [-0.15, -0.1) is 0 Å². The van der Waals surface area contributed by atoms with E-state index in [0.29, 0.717) is 19.1 Å². The average molecular weight is 359 g/mol. The number of benzene rings is 1. The van der Waals surface area contributed by atoms with Gasteiger partial charge in [-0.3, -0.25) is 0 Å². The number of carbonyl (C=O) groups is 1. The van der Waals surface area contributed by atoms with Crippen LogP contribution in [0.5, 0.6) is 0 Å². The van der Waals surface area contributed by atoms with E-state index >= 15 is 0 Å². The van der Waals surface area contributed by atoms with Gasteiger partial charge in [0.25, 0.3) is 5.79 Å². The molecule has 1 fully saturated rings. The van der Waals surface area contributed by atoms with Crippen LogP contribution in [0.4, 0.5) is 0 Å². The van der Waals surface area contributed by atoms with E-state index in [1.165, 1.54) is 7.11 Å². The van der Waals surface area contributed by atoms with E-state index in [-0.39, 0.29) is 5.92 Å². The molecule has 0 amide bonds. The second kappa shape index (κ2) is 8.01. The third-order valence-electron chi connectivity index (χ3n) is 4.68. The van der Waals surface area contributed by atoms with Gasteiger partial charge in [-0.05, 0) is 38.3 Å². The summed E-state index contributed by atoms with van der Waals surface area (Å²) in [7, 11) is 1.33. The Morgan fingerprint density at radius 3 is 2.62 bits per heavy atom. The van der Waals surface area contributed by atoms with Gasteiger partial charge < -0.3 is 18.6 Å². The second-order valence-corrected chi connectivity index (χ2v) is 6.71. The fourth-order valence-corrected chi connectivity index (χ4v) is 3.04. The quantitative estimate of drug-likeness (QED) is 0.735. The van der Waals surface area contributed by atoms with Gasteiger partial charge in [-0.1, -0.05) is 18.2 Å². The predicted octanol–water partition coefficient (Wildman–Crippen LogP) is 3.52. The SMILES string of the molecule is COC(=O)[C@]1(C)OC[C@@H](CCCc2nc(-c3ccccc3)oc2C)CO1. The molecule has 3 rings (SSSR count). The fourth-order valence-electron chi connectivity index (χ4n) is 3.04. The van der Waals surface area contributed by atoms with Gasteiger partial charge in [0.1, 0.15) is 5.76 Å². The van der Waals surface area contributed by atoms with Gasteiger partial charge in [0.2, 0.25) is 5.89 Å². The molecule has 0 radical (unpaired) electrons. The van der Waals surface area contributed by atoms with Crippen LogP contribution in [0.2, 0.25) is 0 Å². The lowest BCUT2D eigenvalue weighted by Crippen LogP contribution is -2.48. The largest absolute Gasteiger partial charge is 0.465 e. The Labute approximate surface area is 153 Å². The van der Waals surface area contributed by atoms with Crippen LogP contribution >= 0.6 is 0 Å². The Morgan fingerprint density at radius 2 is 1.96 bits per heavy atom. The topological polar surface area (TPSA) is 70.8 Å². The van der Waals surface area contributed by atoms with Gasteiger partial charge in [0.05, 0.1) is 26.0 Å². The van der Waals surface area contributed by atoms with Crippen LogP contribution in [0.25, 0.3) is 11.5 Å². The van der Waals surface area contributed by atoms with E-state index in [9.17, 15) is 4.79 Å². The summed E-state index contributed by atoms with van der Waals surface area (Å²) < 4.78 is 21.7. The van der Waals surface area contributed by atoms with Crippen LogP contribution in [-0.4, -0.2) is 37.1 Å². The van der Waals surface area contributed by atoms with Crippen molar-refractivity contribution in [2.45, 2.75) is 38.9 Å². The molecule has 0 spiro atoms. The number of carbonyl (C=O) groups excluding carboxylic acids is 1. The Bertz CT molecular complexity index is 732. The van der Waals surface area contributed by atoms with Gasteiger partial charge in [-0.2, -0.15) is 0 Å². The van der Waals surface area contributed by atoms with Crippen LogP contribution in [-0.2, 0) is 25.4 Å². The molecule has 0 bridgehead atoms. The number of methoxy groups -OCH3 is 1. The van der Waals surface area contributed by atoms with Crippen molar-refractivity contribution in [3.8, 4) is 11.5 Å². The molecule has 2 heterocycles. The number of hydrogen-bond acceptors (Lipinski definition) is 6. The first kappa shape index (κ1) is 18.6. The summed E-state index contributed by atoms with van der Waals surface area (Å²) >= 11 is 0. The number of aromatic nitrogens is 1. The zero-order chi connectivity index (χ0) is 18.6. The molecule has 1 saturated heterocycles. The molecule has 0 N–H and O–H groups in total. The molecule has 1 aliphatic rings. The summed E-state index contributed by atoms with van der Waals surface area (Å²) in [4.78, 5) is 16.3. The minimum atomic E-state index is -1.28. The summed E-state index contributed by atoms with van der Waals surface area (Å²) in [5, 5.41) is 0. The first-order chi connectivity index (χ1) is 12.5. The minimum Gasteiger partial charge on any atom is -0.465 e. The van der Waals surface area contributed by atoms with Crippen molar-refractivity contribution in [2.24, 2.45) is 5.92 Å². The van der Waals surface area contributed by atoms with Crippen LogP contribution in [0.1, 0.15) is 31.2 Å². The second-order valence-electron chi connectivity index (χ2n) is 6.71. The highest BCUT2D eigenvalue weighted by atomic mass is 16.7. The number of rotatable bonds is 6. The van der Waals surface area contributed by atoms with Gasteiger partial charge in [-0.25, -0.2) is 9.78 Å². The van der Waals surface area contributed by atoms with Crippen LogP contribution in [0.3, 0.4) is 0 Å². The smallest absolute Gasteiger partial charge is 0.366 e. The zero-order valence-electron chi connectivity index (χ0n) is 15.5. The third kappa shape index (κ3) is 4.14. The standard InChI is InChI=1S/C20H25NO5/c1-14-17(21-18(26-14)16-9-5-4-6-10-16)11-7-8-15-12-24-20(2,25-13-15)19(22)23-3/h4-6,9-10,15H,7-8,11-13H2,1-3H3/t15-,20-. The van der Waals surface area contributed by atoms with Crippen molar-refractivity contribution < 1.29 is 23.4 Å². The first-order valence-electron chi connectivity index (χ1n) is 8.90. The minimum absolute atomic E-state index is 0.258. The first-order valence-corrected chi connectivity index (χ1v) is 8.90. The zero-order valence-corrected chi connectivity index (χ0v) is 15.5.